The fraction of sp³-hybridized carbons (Fsp3) is 0.800. The second-order valence-corrected chi connectivity index (χ2v) is 3.17. The molecule has 1 fully saturated rings. The first-order chi connectivity index (χ1) is 4.29. The Kier molecular flexibility index (Phi) is 11.4. The molecule has 60 valence electrons. The van der Waals surface area contributed by atoms with Gasteiger partial charge in [-0.2, -0.15) is 0 Å². The van der Waals surface area contributed by atoms with E-state index in [1.807, 2.05) is 0 Å². The number of hydrogen-bond donors (Lipinski definition) is 1. The first-order valence-electron chi connectivity index (χ1n) is 3.01. The van der Waals surface area contributed by atoms with Gasteiger partial charge in [0.2, 0.25) is 0 Å². The summed E-state index contributed by atoms with van der Waals surface area (Å²) < 4.78 is 0.455. The number of hydrogen-bond acceptors (Lipinski definition) is 3. The van der Waals surface area contributed by atoms with Crippen LogP contribution in [0.3, 0.4) is 0 Å². The Bertz CT molecular complexity index is 119. The Labute approximate surface area is 120 Å². The molecule has 6 heteroatoms. The van der Waals surface area contributed by atoms with Crippen molar-refractivity contribution >= 4 is 29.2 Å². The molecule has 0 aliphatic carbocycles. The van der Waals surface area contributed by atoms with Crippen molar-refractivity contribution in [3.8, 4) is 0 Å². The van der Waals surface area contributed by atoms with Gasteiger partial charge in [0.05, 0.1) is 0 Å². The molecule has 0 aromatic rings. The first-order valence-corrected chi connectivity index (χ1v) is 3.83. The third kappa shape index (κ3) is 6.79. The molecule has 1 aliphatic heterocycles. The number of nitrogens with zero attached hydrogens (tertiary/aromatic N) is 1. The van der Waals surface area contributed by atoms with Gasteiger partial charge in [0, 0.05) is 13.1 Å². The SMILES string of the molecule is O.S=C([S-])NN1CCCC1.[K+]. The summed E-state index contributed by atoms with van der Waals surface area (Å²) in [6, 6.07) is 0. The summed E-state index contributed by atoms with van der Waals surface area (Å²) in [5.74, 6) is 0. The molecular weight excluding hydrogens is 207 g/mol. The quantitative estimate of drug-likeness (QED) is 0.283. The van der Waals surface area contributed by atoms with Crippen LogP contribution in [0.15, 0.2) is 0 Å². The minimum atomic E-state index is 0. The van der Waals surface area contributed by atoms with Gasteiger partial charge >= 0.3 is 51.4 Å². The molecule has 0 saturated carbocycles. The van der Waals surface area contributed by atoms with Gasteiger partial charge in [-0.05, 0) is 17.2 Å². The van der Waals surface area contributed by atoms with Crippen molar-refractivity contribution < 1.29 is 56.9 Å². The molecule has 0 radical (unpaired) electrons. The van der Waals surface area contributed by atoms with Gasteiger partial charge < -0.3 is 35.7 Å². The molecule has 0 aromatic carbocycles. The Morgan fingerprint density at radius 2 is 1.82 bits per heavy atom. The van der Waals surface area contributed by atoms with Crippen molar-refractivity contribution in [3.63, 3.8) is 0 Å². The Hall–Kier alpha value is 1.67. The largest absolute Gasteiger partial charge is 1.00 e. The molecule has 0 atom stereocenters. The van der Waals surface area contributed by atoms with Crippen molar-refractivity contribution in [1.82, 2.24) is 10.4 Å². The van der Waals surface area contributed by atoms with Crippen LogP contribution in [-0.2, 0) is 12.6 Å². The molecule has 11 heavy (non-hydrogen) atoms. The molecule has 0 unspecified atom stereocenters. The van der Waals surface area contributed by atoms with Crippen LogP contribution in [0.4, 0.5) is 0 Å². The van der Waals surface area contributed by atoms with Gasteiger partial charge in [-0.15, -0.1) is 0 Å². The van der Waals surface area contributed by atoms with Crippen LogP contribution in [0.5, 0.6) is 0 Å². The maximum Gasteiger partial charge on any atom is 1.00 e. The maximum atomic E-state index is 4.69. The predicted molar refractivity (Wildman–Crippen MR) is 47.5 cm³/mol. The Morgan fingerprint density at radius 3 is 2.18 bits per heavy atom. The molecule has 1 rings (SSSR count). The average Bonchev–Trinajstić information content (AvgIpc) is 2.15. The fourth-order valence-electron chi connectivity index (χ4n) is 0.958. The molecule has 1 aliphatic rings. The van der Waals surface area contributed by atoms with E-state index in [4.69, 9.17) is 24.8 Å². The van der Waals surface area contributed by atoms with E-state index in [0.717, 1.165) is 13.1 Å². The predicted octanol–water partition coefficient (Wildman–Crippen LogP) is -3.40. The summed E-state index contributed by atoms with van der Waals surface area (Å²) >= 11 is 9.39. The third-order valence-corrected chi connectivity index (χ3v) is 1.54. The van der Waals surface area contributed by atoms with E-state index < -0.39 is 0 Å². The van der Waals surface area contributed by atoms with Gasteiger partial charge in [-0.25, -0.2) is 5.01 Å². The number of nitrogens with one attached hydrogen (secondary N) is 1. The van der Waals surface area contributed by atoms with E-state index >= 15 is 0 Å². The zero-order chi connectivity index (χ0) is 6.69. The second kappa shape index (κ2) is 8.27. The summed E-state index contributed by atoms with van der Waals surface area (Å²) in [4.78, 5) is 0. The first kappa shape index (κ1) is 15.2. The number of hydrazine groups is 1. The van der Waals surface area contributed by atoms with E-state index in [-0.39, 0.29) is 56.9 Å². The Morgan fingerprint density at radius 1 is 1.36 bits per heavy atom. The topological polar surface area (TPSA) is 46.8 Å². The Balaban J connectivity index is 0. The molecule has 1 heterocycles. The van der Waals surface area contributed by atoms with Crippen LogP contribution in [0.25, 0.3) is 0 Å². The molecule has 0 spiro atoms. The minimum absolute atomic E-state index is 0. The van der Waals surface area contributed by atoms with Crippen molar-refractivity contribution in [2.24, 2.45) is 0 Å². The summed E-state index contributed by atoms with van der Waals surface area (Å²) in [7, 11) is 0. The minimum Gasteiger partial charge on any atom is -0.412 e. The summed E-state index contributed by atoms with van der Waals surface area (Å²) in [6.45, 7) is 2.16. The molecule has 0 bridgehead atoms. The van der Waals surface area contributed by atoms with E-state index in [2.05, 4.69) is 10.4 Å². The molecular formula is C5H11KN2OS2. The van der Waals surface area contributed by atoms with Crippen LogP contribution < -0.4 is 56.8 Å². The van der Waals surface area contributed by atoms with E-state index in [9.17, 15) is 0 Å². The summed E-state index contributed by atoms with van der Waals surface area (Å²) in [5, 5.41) is 2.06. The van der Waals surface area contributed by atoms with Crippen LogP contribution in [0.2, 0.25) is 0 Å². The van der Waals surface area contributed by atoms with E-state index in [1.54, 1.807) is 0 Å². The summed E-state index contributed by atoms with van der Waals surface area (Å²) in [5.41, 5.74) is 2.92. The fourth-order valence-corrected chi connectivity index (χ4v) is 1.22. The normalized spacial score (nSPS) is 16.4. The van der Waals surface area contributed by atoms with Crippen molar-refractivity contribution in [1.29, 1.82) is 0 Å². The zero-order valence-corrected chi connectivity index (χ0v) is 11.3. The van der Waals surface area contributed by atoms with Crippen LogP contribution >= 0.6 is 12.2 Å². The standard InChI is InChI=1S/C5H10N2S2.K.H2O/c8-5(9)6-7-3-1-2-4-7;;/h1-4H2,(H2,6,8,9);;1H2/q;+1;/p-1. The van der Waals surface area contributed by atoms with Crippen LogP contribution in [-0.4, -0.2) is 27.9 Å². The molecule has 0 amide bonds. The zero-order valence-electron chi connectivity index (χ0n) is 6.59. The monoisotopic (exact) mass is 218 g/mol. The second-order valence-electron chi connectivity index (χ2n) is 2.09. The van der Waals surface area contributed by atoms with E-state index in [1.165, 1.54) is 12.8 Å². The van der Waals surface area contributed by atoms with Gasteiger partial charge in [0.1, 0.15) is 0 Å². The van der Waals surface area contributed by atoms with Crippen molar-refractivity contribution in [2.45, 2.75) is 12.8 Å². The van der Waals surface area contributed by atoms with Crippen molar-refractivity contribution in [2.75, 3.05) is 13.1 Å². The van der Waals surface area contributed by atoms with Crippen LogP contribution in [0.1, 0.15) is 12.8 Å². The molecule has 1 saturated heterocycles. The third-order valence-electron chi connectivity index (χ3n) is 1.36. The maximum absolute atomic E-state index is 4.69. The van der Waals surface area contributed by atoms with Crippen molar-refractivity contribution in [3.05, 3.63) is 0 Å². The van der Waals surface area contributed by atoms with Crippen LogP contribution in [0, 0.1) is 0 Å². The molecule has 3 N–H and O–H groups in total. The number of rotatable bonds is 1. The van der Waals surface area contributed by atoms with Gasteiger partial charge in [0.15, 0.2) is 0 Å². The average molecular weight is 218 g/mol. The van der Waals surface area contributed by atoms with Gasteiger partial charge in [-0.1, -0.05) is 0 Å². The molecule has 0 aromatic heterocycles. The molecule has 3 nitrogen and oxygen atoms in total. The summed E-state index contributed by atoms with van der Waals surface area (Å²) in [6.07, 6.45) is 2.51. The van der Waals surface area contributed by atoms with E-state index in [0.29, 0.717) is 4.32 Å². The number of thiocarbonyl (C=S) groups is 1. The van der Waals surface area contributed by atoms with Gasteiger partial charge in [0.25, 0.3) is 0 Å². The van der Waals surface area contributed by atoms with Gasteiger partial charge in [-0.3, -0.25) is 0 Å². The smallest absolute Gasteiger partial charge is 0.412 e.